The quantitative estimate of drug-likeness (QED) is 0.718. The Balaban J connectivity index is 1.86. The second kappa shape index (κ2) is 5.09. The Hall–Kier alpha value is -0.690. The topological polar surface area (TPSA) is 9.23 Å². The lowest BCUT2D eigenvalue weighted by molar-refractivity contribution is 0.217. The molecule has 0 saturated heterocycles. The molecule has 0 saturated carbocycles. The monoisotopic (exact) mass is 238 g/mol. The maximum Gasteiger partial charge on any atom is 0.123 e. The number of benzene rings is 1. The number of hydrogen-bond donors (Lipinski definition) is 0. The lowest BCUT2D eigenvalue weighted by Gasteiger charge is -2.10. The molecule has 1 aliphatic rings. The van der Waals surface area contributed by atoms with Crippen LogP contribution in [0.4, 0.5) is 0 Å². The van der Waals surface area contributed by atoms with Crippen molar-refractivity contribution in [2.24, 2.45) is 0 Å². The third kappa shape index (κ3) is 2.91. The van der Waals surface area contributed by atoms with E-state index in [0.29, 0.717) is 6.10 Å². The molecule has 1 aromatic carbocycles. The van der Waals surface area contributed by atoms with E-state index >= 15 is 0 Å². The largest absolute Gasteiger partial charge is 0.490 e. The van der Waals surface area contributed by atoms with Gasteiger partial charge in [0.2, 0.25) is 0 Å². The lowest BCUT2D eigenvalue weighted by Crippen LogP contribution is -2.12. The van der Waals surface area contributed by atoms with Crippen molar-refractivity contribution in [2.75, 3.05) is 0 Å². The Kier molecular flexibility index (Phi) is 3.75. The molecular weight excluding hydrogens is 220 g/mol. The van der Waals surface area contributed by atoms with Gasteiger partial charge >= 0.3 is 0 Å². The molecule has 2 unspecified atom stereocenters. The highest BCUT2D eigenvalue weighted by atomic mass is 35.5. The zero-order valence-electron chi connectivity index (χ0n) is 10.0. The van der Waals surface area contributed by atoms with Crippen LogP contribution in [0.25, 0.3) is 0 Å². The van der Waals surface area contributed by atoms with E-state index in [1.165, 1.54) is 11.1 Å². The van der Waals surface area contributed by atoms with Gasteiger partial charge < -0.3 is 4.74 Å². The zero-order valence-corrected chi connectivity index (χ0v) is 10.8. The van der Waals surface area contributed by atoms with E-state index in [1.54, 1.807) is 0 Å². The van der Waals surface area contributed by atoms with Crippen molar-refractivity contribution in [3.8, 4) is 5.75 Å². The van der Waals surface area contributed by atoms with Crippen LogP contribution in [0.1, 0.15) is 37.3 Å². The van der Waals surface area contributed by atoms with Gasteiger partial charge in [-0.25, -0.2) is 0 Å². The van der Waals surface area contributed by atoms with Crippen LogP contribution < -0.4 is 4.74 Å². The first kappa shape index (κ1) is 11.8. The molecule has 0 N–H and O–H groups in total. The van der Waals surface area contributed by atoms with Gasteiger partial charge in [-0.15, -0.1) is 11.6 Å². The summed E-state index contributed by atoms with van der Waals surface area (Å²) in [5.41, 5.74) is 2.68. The Morgan fingerprint density at radius 1 is 1.50 bits per heavy atom. The van der Waals surface area contributed by atoms with E-state index in [9.17, 15) is 0 Å². The summed E-state index contributed by atoms with van der Waals surface area (Å²) in [6.45, 7) is 4.18. The molecule has 0 aromatic heterocycles. The van der Waals surface area contributed by atoms with Gasteiger partial charge in [0.1, 0.15) is 11.9 Å². The number of fused-ring (bicyclic) bond motifs is 1. The zero-order chi connectivity index (χ0) is 11.5. The van der Waals surface area contributed by atoms with Crippen molar-refractivity contribution >= 4 is 11.6 Å². The van der Waals surface area contributed by atoms with Crippen LogP contribution in [0.5, 0.6) is 5.75 Å². The summed E-state index contributed by atoms with van der Waals surface area (Å²) in [7, 11) is 0. The third-order valence-electron chi connectivity index (χ3n) is 3.09. The number of halogens is 1. The highest BCUT2D eigenvalue weighted by Crippen LogP contribution is 2.31. The molecule has 0 aliphatic carbocycles. The molecule has 1 nitrogen and oxygen atoms in total. The highest BCUT2D eigenvalue weighted by Gasteiger charge is 2.22. The van der Waals surface area contributed by atoms with Crippen molar-refractivity contribution in [3.63, 3.8) is 0 Å². The number of aryl methyl sites for hydroxylation is 1. The van der Waals surface area contributed by atoms with Crippen LogP contribution in [0.15, 0.2) is 18.2 Å². The van der Waals surface area contributed by atoms with Gasteiger partial charge in [-0.1, -0.05) is 17.7 Å². The van der Waals surface area contributed by atoms with Crippen molar-refractivity contribution < 1.29 is 4.74 Å². The van der Waals surface area contributed by atoms with Crippen LogP contribution in [0, 0.1) is 6.92 Å². The number of alkyl halides is 1. The molecule has 16 heavy (non-hydrogen) atoms. The summed E-state index contributed by atoms with van der Waals surface area (Å²) in [4.78, 5) is 0. The van der Waals surface area contributed by atoms with Gasteiger partial charge in [0, 0.05) is 11.8 Å². The SMILES string of the molecule is Cc1ccc2c(c1)CC(CCCC(C)Cl)O2. The number of hydrogen-bond acceptors (Lipinski definition) is 1. The molecule has 1 aliphatic heterocycles. The summed E-state index contributed by atoms with van der Waals surface area (Å²) in [6, 6.07) is 6.44. The van der Waals surface area contributed by atoms with Crippen molar-refractivity contribution in [2.45, 2.75) is 51.0 Å². The molecule has 0 amide bonds. The average molecular weight is 239 g/mol. The van der Waals surface area contributed by atoms with Crippen molar-refractivity contribution in [1.82, 2.24) is 0 Å². The Bertz CT molecular complexity index is 360. The van der Waals surface area contributed by atoms with Gasteiger partial charge in [-0.2, -0.15) is 0 Å². The Morgan fingerprint density at radius 3 is 3.06 bits per heavy atom. The van der Waals surface area contributed by atoms with Crippen LogP contribution in [-0.2, 0) is 6.42 Å². The summed E-state index contributed by atoms with van der Waals surface area (Å²) in [5.74, 6) is 1.08. The smallest absolute Gasteiger partial charge is 0.123 e. The molecule has 0 bridgehead atoms. The van der Waals surface area contributed by atoms with Gasteiger partial charge in [-0.3, -0.25) is 0 Å². The van der Waals surface area contributed by atoms with Crippen molar-refractivity contribution in [1.29, 1.82) is 0 Å². The summed E-state index contributed by atoms with van der Waals surface area (Å²) >= 11 is 5.93. The second-order valence-electron chi connectivity index (χ2n) is 4.77. The Labute approximate surface area is 103 Å². The van der Waals surface area contributed by atoms with E-state index in [1.807, 2.05) is 0 Å². The minimum absolute atomic E-state index is 0.283. The Morgan fingerprint density at radius 2 is 2.31 bits per heavy atom. The molecule has 0 spiro atoms. The molecule has 0 radical (unpaired) electrons. The molecular formula is C14H19ClO. The predicted molar refractivity (Wildman–Crippen MR) is 68.5 cm³/mol. The molecule has 2 atom stereocenters. The van der Waals surface area contributed by atoms with E-state index < -0.39 is 0 Å². The average Bonchev–Trinajstić information content (AvgIpc) is 2.58. The molecule has 88 valence electrons. The van der Waals surface area contributed by atoms with Crippen LogP contribution in [-0.4, -0.2) is 11.5 Å². The number of rotatable bonds is 4. The lowest BCUT2D eigenvalue weighted by atomic mass is 10.0. The van der Waals surface area contributed by atoms with E-state index in [2.05, 4.69) is 32.0 Å². The maximum absolute atomic E-state index is 5.93. The molecule has 0 fully saturated rings. The first-order valence-electron chi connectivity index (χ1n) is 6.05. The predicted octanol–water partition coefficient (Wildman–Crippen LogP) is 4.10. The summed E-state index contributed by atoms with van der Waals surface area (Å²) in [5, 5.41) is 0.283. The maximum atomic E-state index is 5.93. The fourth-order valence-electron chi connectivity index (χ4n) is 2.24. The fraction of sp³-hybridized carbons (Fsp3) is 0.571. The summed E-state index contributed by atoms with van der Waals surface area (Å²) < 4.78 is 5.90. The van der Waals surface area contributed by atoms with Gasteiger partial charge in [0.25, 0.3) is 0 Å². The summed E-state index contributed by atoms with van der Waals surface area (Å²) in [6.07, 6.45) is 4.78. The first-order chi connectivity index (χ1) is 7.65. The fourth-order valence-corrected chi connectivity index (χ4v) is 2.39. The van der Waals surface area contributed by atoms with Crippen molar-refractivity contribution in [3.05, 3.63) is 29.3 Å². The van der Waals surface area contributed by atoms with E-state index in [-0.39, 0.29) is 5.38 Å². The van der Waals surface area contributed by atoms with E-state index in [4.69, 9.17) is 16.3 Å². The standard InChI is InChI=1S/C14H19ClO/c1-10-6-7-14-12(8-10)9-13(16-14)5-3-4-11(2)15/h6-8,11,13H,3-5,9H2,1-2H3. The number of ether oxygens (including phenoxy) is 1. The second-order valence-corrected chi connectivity index (χ2v) is 5.51. The van der Waals surface area contributed by atoms with Gasteiger partial charge in [0.15, 0.2) is 0 Å². The third-order valence-corrected chi connectivity index (χ3v) is 3.30. The van der Waals surface area contributed by atoms with Crippen LogP contribution in [0.2, 0.25) is 0 Å². The molecule has 1 aromatic rings. The highest BCUT2D eigenvalue weighted by molar-refractivity contribution is 6.20. The minimum atomic E-state index is 0.283. The van der Waals surface area contributed by atoms with Crippen LogP contribution >= 0.6 is 11.6 Å². The van der Waals surface area contributed by atoms with E-state index in [0.717, 1.165) is 31.4 Å². The van der Waals surface area contributed by atoms with Gasteiger partial charge in [0.05, 0.1) is 0 Å². The minimum Gasteiger partial charge on any atom is -0.490 e. The normalized spacial score (nSPS) is 20.3. The molecule has 1 heterocycles. The molecule has 2 heteroatoms. The van der Waals surface area contributed by atoms with Crippen LogP contribution in [0.3, 0.4) is 0 Å². The first-order valence-corrected chi connectivity index (χ1v) is 6.49. The van der Waals surface area contributed by atoms with Gasteiger partial charge in [-0.05, 0) is 44.7 Å². The molecule has 2 rings (SSSR count).